The molecular weight excluding hydrogens is 331 g/mol. The van der Waals surface area contributed by atoms with Gasteiger partial charge in [-0.15, -0.1) is 0 Å². The number of aromatic nitrogens is 1. The summed E-state index contributed by atoms with van der Waals surface area (Å²) in [7, 11) is -3.61. The fraction of sp³-hybridized carbons (Fsp3) is 0.647. The van der Waals surface area contributed by atoms with E-state index >= 15 is 0 Å². The first-order valence-corrected chi connectivity index (χ1v) is 10.1. The van der Waals surface area contributed by atoms with Crippen molar-refractivity contribution in [2.75, 3.05) is 5.75 Å². The van der Waals surface area contributed by atoms with Crippen LogP contribution in [0.4, 0.5) is 4.39 Å². The average molecular weight is 354 g/mol. The van der Waals surface area contributed by atoms with Crippen LogP contribution in [-0.4, -0.2) is 25.1 Å². The molecular formula is C17H23FN2O3S. The van der Waals surface area contributed by atoms with Gasteiger partial charge >= 0.3 is 0 Å². The Balaban J connectivity index is 2.24. The summed E-state index contributed by atoms with van der Waals surface area (Å²) in [5.74, 6) is -1.33. The van der Waals surface area contributed by atoms with Crippen molar-refractivity contribution in [3.63, 3.8) is 0 Å². The number of hydrogen-bond acceptors (Lipinski definition) is 4. The van der Waals surface area contributed by atoms with E-state index < -0.39 is 26.3 Å². The minimum atomic E-state index is -3.61. The molecule has 1 amide bonds. The fourth-order valence-corrected chi connectivity index (χ4v) is 6.62. The Labute approximate surface area is 141 Å². The fourth-order valence-electron chi connectivity index (χ4n) is 3.92. The van der Waals surface area contributed by atoms with Crippen molar-refractivity contribution in [2.45, 2.75) is 56.6 Å². The molecule has 0 atom stereocenters. The van der Waals surface area contributed by atoms with E-state index in [1.807, 2.05) is 0 Å². The first-order chi connectivity index (χ1) is 11.3. The van der Waals surface area contributed by atoms with Gasteiger partial charge in [-0.05, 0) is 38.5 Å². The van der Waals surface area contributed by atoms with E-state index in [-0.39, 0.29) is 28.5 Å². The maximum absolute atomic E-state index is 14.8. The van der Waals surface area contributed by atoms with Crippen molar-refractivity contribution in [3.05, 3.63) is 28.8 Å². The van der Waals surface area contributed by atoms with Gasteiger partial charge < -0.3 is 5.73 Å². The Morgan fingerprint density at radius 2 is 1.96 bits per heavy atom. The van der Waals surface area contributed by atoms with E-state index in [1.165, 1.54) is 0 Å². The number of rotatable bonds is 5. The van der Waals surface area contributed by atoms with Gasteiger partial charge in [0, 0.05) is 5.56 Å². The van der Waals surface area contributed by atoms with E-state index in [0.29, 0.717) is 25.7 Å². The summed E-state index contributed by atoms with van der Waals surface area (Å²) in [6.07, 6.45) is 5.79. The molecule has 0 aliphatic heterocycles. The largest absolute Gasteiger partial charge is 0.366 e. The zero-order valence-corrected chi connectivity index (χ0v) is 14.7. The minimum Gasteiger partial charge on any atom is -0.366 e. The number of hydrogen-bond donors (Lipinski definition) is 1. The molecule has 2 saturated carbocycles. The zero-order valence-electron chi connectivity index (χ0n) is 13.8. The molecule has 24 heavy (non-hydrogen) atoms. The highest BCUT2D eigenvalue weighted by Crippen LogP contribution is 2.48. The first kappa shape index (κ1) is 17.3. The SMILES string of the molecule is Cc1ncc(F)c(C2(S(=O)(=O)CC3CC3)CCCCC2)c1C(N)=O. The number of halogens is 1. The molecule has 132 valence electrons. The predicted molar refractivity (Wildman–Crippen MR) is 88.7 cm³/mol. The number of nitrogens with two attached hydrogens (primary N) is 1. The van der Waals surface area contributed by atoms with Crippen molar-refractivity contribution in [3.8, 4) is 0 Å². The molecule has 0 spiro atoms. The third kappa shape index (κ3) is 2.83. The highest BCUT2D eigenvalue weighted by molar-refractivity contribution is 7.92. The number of carbonyl (C=O) groups excluding carboxylic acids is 1. The molecule has 0 aromatic carbocycles. The Morgan fingerprint density at radius 3 is 2.50 bits per heavy atom. The van der Waals surface area contributed by atoms with Gasteiger partial charge in [0.1, 0.15) is 10.6 Å². The Morgan fingerprint density at radius 1 is 1.33 bits per heavy atom. The van der Waals surface area contributed by atoms with Gasteiger partial charge in [-0.25, -0.2) is 12.8 Å². The molecule has 3 rings (SSSR count). The number of aryl methyl sites for hydroxylation is 1. The van der Waals surface area contributed by atoms with Crippen molar-refractivity contribution in [1.82, 2.24) is 4.98 Å². The number of primary amides is 1. The van der Waals surface area contributed by atoms with Crippen molar-refractivity contribution < 1.29 is 17.6 Å². The lowest BCUT2D eigenvalue weighted by Gasteiger charge is -2.38. The lowest BCUT2D eigenvalue weighted by atomic mass is 9.80. The van der Waals surface area contributed by atoms with Crippen LogP contribution in [-0.2, 0) is 14.6 Å². The Kier molecular flexibility index (Phi) is 4.40. The highest BCUT2D eigenvalue weighted by atomic mass is 32.2. The second kappa shape index (κ2) is 6.10. The maximum Gasteiger partial charge on any atom is 0.250 e. The quantitative estimate of drug-likeness (QED) is 0.880. The third-order valence-corrected chi connectivity index (χ3v) is 8.05. The Bertz CT molecular complexity index is 766. The topological polar surface area (TPSA) is 90.1 Å². The third-order valence-electron chi connectivity index (χ3n) is 5.33. The van der Waals surface area contributed by atoms with Crippen LogP contribution >= 0.6 is 0 Å². The van der Waals surface area contributed by atoms with Crippen LogP contribution in [0.25, 0.3) is 0 Å². The number of sulfone groups is 1. The summed E-state index contributed by atoms with van der Waals surface area (Å²) < 4.78 is 39.9. The molecule has 0 bridgehead atoms. The number of pyridine rings is 1. The number of carbonyl (C=O) groups is 1. The molecule has 0 saturated heterocycles. The summed E-state index contributed by atoms with van der Waals surface area (Å²) in [4.78, 5) is 15.8. The van der Waals surface area contributed by atoms with Gasteiger partial charge in [0.25, 0.3) is 5.91 Å². The predicted octanol–water partition coefficient (Wildman–Crippen LogP) is 2.61. The van der Waals surface area contributed by atoms with E-state index in [1.54, 1.807) is 6.92 Å². The maximum atomic E-state index is 14.8. The molecule has 1 heterocycles. The highest BCUT2D eigenvalue weighted by Gasteiger charge is 2.51. The smallest absolute Gasteiger partial charge is 0.250 e. The van der Waals surface area contributed by atoms with E-state index in [2.05, 4.69) is 4.98 Å². The average Bonchev–Trinajstić information content (AvgIpc) is 3.32. The molecule has 2 fully saturated rings. The van der Waals surface area contributed by atoms with Crippen molar-refractivity contribution in [1.29, 1.82) is 0 Å². The van der Waals surface area contributed by atoms with Crippen molar-refractivity contribution >= 4 is 15.7 Å². The first-order valence-electron chi connectivity index (χ1n) is 8.46. The number of amides is 1. The van der Waals surface area contributed by atoms with Crippen molar-refractivity contribution in [2.24, 2.45) is 11.7 Å². The molecule has 7 heteroatoms. The monoisotopic (exact) mass is 354 g/mol. The van der Waals surface area contributed by atoms with Gasteiger partial charge in [-0.1, -0.05) is 19.3 Å². The zero-order chi connectivity index (χ0) is 17.5. The van der Waals surface area contributed by atoms with E-state index in [9.17, 15) is 17.6 Å². The molecule has 2 aliphatic rings. The summed E-state index contributed by atoms with van der Waals surface area (Å²) in [6, 6.07) is 0. The Hall–Kier alpha value is -1.50. The van der Waals surface area contributed by atoms with E-state index in [4.69, 9.17) is 5.73 Å². The van der Waals surface area contributed by atoms with Crippen LogP contribution in [0.3, 0.4) is 0 Å². The van der Waals surface area contributed by atoms with Gasteiger partial charge in [-0.2, -0.15) is 0 Å². The van der Waals surface area contributed by atoms with E-state index in [0.717, 1.165) is 25.5 Å². The number of nitrogens with zero attached hydrogens (tertiary/aromatic N) is 1. The molecule has 1 aromatic heterocycles. The molecule has 0 radical (unpaired) electrons. The van der Waals surface area contributed by atoms with Crippen LogP contribution in [0.15, 0.2) is 6.20 Å². The van der Waals surface area contributed by atoms with Crippen LogP contribution in [0.2, 0.25) is 0 Å². The van der Waals surface area contributed by atoms with Gasteiger partial charge in [-0.3, -0.25) is 9.78 Å². The second-order valence-electron chi connectivity index (χ2n) is 7.09. The van der Waals surface area contributed by atoms with Crippen LogP contribution < -0.4 is 5.73 Å². The summed E-state index contributed by atoms with van der Waals surface area (Å²) in [6.45, 7) is 1.56. The molecule has 1 aromatic rings. The van der Waals surface area contributed by atoms with Gasteiger partial charge in [0.05, 0.1) is 23.2 Å². The van der Waals surface area contributed by atoms with Gasteiger partial charge in [0.15, 0.2) is 9.84 Å². The standard InChI is InChI=1S/C17H23FN2O3S/c1-11-14(16(19)21)15(13(18)9-20-11)17(7-3-2-4-8-17)24(22,23)10-12-5-6-12/h9,12H,2-8,10H2,1H3,(H2,19,21). The van der Waals surface area contributed by atoms with Crippen LogP contribution in [0, 0.1) is 18.7 Å². The van der Waals surface area contributed by atoms with Gasteiger partial charge in [0.2, 0.25) is 0 Å². The molecule has 5 nitrogen and oxygen atoms in total. The summed E-state index contributed by atoms with van der Waals surface area (Å²) in [5.41, 5.74) is 5.65. The second-order valence-corrected chi connectivity index (χ2v) is 9.43. The lowest BCUT2D eigenvalue weighted by molar-refractivity contribution is 0.0996. The lowest BCUT2D eigenvalue weighted by Crippen LogP contribution is -2.42. The van der Waals surface area contributed by atoms with Crippen LogP contribution in [0.1, 0.15) is 66.6 Å². The summed E-state index contributed by atoms with van der Waals surface area (Å²) >= 11 is 0. The molecule has 2 aliphatic carbocycles. The van der Waals surface area contributed by atoms with Crippen LogP contribution in [0.5, 0.6) is 0 Å². The minimum absolute atomic E-state index is 0.0390. The summed E-state index contributed by atoms with van der Waals surface area (Å²) in [5, 5.41) is 0. The molecule has 2 N–H and O–H groups in total. The normalized spacial score (nSPS) is 20.8. The molecule has 0 unspecified atom stereocenters.